The van der Waals surface area contributed by atoms with Gasteiger partial charge in [-0.1, -0.05) is 26.0 Å². The van der Waals surface area contributed by atoms with E-state index < -0.39 is 6.10 Å². The van der Waals surface area contributed by atoms with Crippen LogP contribution in [0.3, 0.4) is 0 Å². The molecule has 0 radical (unpaired) electrons. The Hall–Kier alpha value is -1.85. The molecular formula is C18H25NO4. The summed E-state index contributed by atoms with van der Waals surface area (Å²) in [6.07, 6.45) is 1.16. The molecule has 0 aliphatic heterocycles. The third-order valence-electron chi connectivity index (χ3n) is 3.46. The summed E-state index contributed by atoms with van der Waals surface area (Å²) in [6.45, 7) is 7.11. The molecular weight excluding hydrogens is 294 g/mol. The molecule has 0 spiro atoms. The molecule has 1 aromatic carbocycles. The molecule has 1 aromatic heterocycles. The van der Waals surface area contributed by atoms with Crippen molar-refractivity contribution in [2.24, 2.45) is 5.92 Å². The van der Waals surface area contributed by atoms with Crippen molar-refractivity contribution in [2.45, 2.75) is 33.3 Å². The van der Waals surface area contributed by atoms with Gasteiger partial charge in [0.05, 0.1) is 25.4 Å². The zero-order valence-electron chi connectivity index (χ0n) is 14.0. The Bertz CT molecular complexity index is 648. The van der Waals surface area contributed by atoms with E-state index in [9.17, 15) is 9.90 Å². The zero-order chi connectivity index (χ0) is 16.8. The van der Waals surface area contributed by atoms with Crippen molar-refractivity contribution in [3.05, 3.63) is 35.6 Å². The number of benzene rings is 1. The van der Waals surface area contributed by atoms with Gasteiger partial charge in [0.2, 0.25) is 5.91 Å². The average molecular weight is 319 g/mol. The van der Waals surface area contributed by atoms with Crippen molar-refractivity contribution >= 4 is 16.9 Å². The third kappa shape index (κ3) is 5.37. The largest absolute Gasteiger partial charge is 0.464 e. The highest BCUT2D eigenvalue weighted by Crippen LogP contribution is 2.22. The molecule has 1 unspecified atom stereocenters. The second kappa shape index (κ2) is 8.13. The van der Waals surface area contributed by atoms with Crippen molar-refractivity contribution in [3.8, 4) is 0 Å². The number of furan rings is 1. The summed E-state index contributed by atoms with van der Waals surface area (Å²) in [5.74, 6) is 0.283. The molecule has 0 aliphatic carbocycles. The van der Waals surface area contributed by atoms with Crippen LogP contribution in [0.2, 0.25) is 0 Å². The molecule has 0 bridgehead atoms. The number of amides is 1. The number of aryl methyl sites for hydroxylation is 1. The van der Waals surface area contributed by atoms with Gasteiger partial charge < -0.3 is 19.6 Å². The van der Waals surface area contributed by atoms with Gasteiger partial charge in [0.1, 0.15) is 5.58 Å². The van der Waals surface area contributed by atoms with Crippen LogP contribution in [0.5, 0.6) is 0 Å². The summed E-state index contributed by atoms with van der Waals surface area (Å²) < 4.78 is 10.8. The van der Waals surface area contributed by atoms with Crippen LogP contribution in [0, 0.1) is 12.8 Å². The minimum absolute atomic E-state index is 0.142. The Morgan fingerprint density at radius 2 is 2.13 bits per heavy atom. The number of fused-ring (bicyclic) bond motifs is 1. The van der Waals surface area contributed by atoms with Gasteiger partial charge in [0, 0.05) is 24.1 Å². The summed E-state index contributed by atoms with van der Waals surface area (Å²) in [5, 5.41) is 13.5. The van der Waals surface area contributed by atoms with E-state index in [1.54, 1.807) is 6.26 Å². The molecule has 126 valence electrons. The van der Waals surface area contributed by atoms with Crippen molar-refractivity contribution < 1.29 is 19.1 Å². The van der Waals surface area contributed by atoms with Gasteiger partial charge in [0.25, 0.3) is 0 Å². The first kappa shape index (κ1) is 17.5. The van der Waals surface area contributed by atoms with Crippen LogP contribution in [0.25, 0.3) is 11.0 Å². The van der Waals surface area contributed by atoms with E-state index in [0.717, 1.165) is 22.1 Å². The van der Waals surface area contributed by atoms with Gasteiger partial charge in [0.15, 0.2) is 0 Å². The molecule has 23 heavy (non-hydrogen) atoms. The zero-order valence-corrected chi connectivity index (χ0v) is 14.0. The number of hydrogen-bond donors (Lipinski definition) is 2. The Morgan fingerprint density at radius 3 is 2.87 bits per heavy atom. The Labute approximate surface area is 136 Å². The smallest absolute Gasteiger partial charge is 0.224 e. The summed E-state index contributed by atoms with van der Waals surface area (Å²) in [6, 6.07) is 5.91. The van der Waals surface area contributed by atoms with Crippen molar-refractivity contribution in [1.82, 2.24) is 5.32 Å². The van der Waals surface area contributed by atoms with Gasteiger partial charge in [-0.2, -0.15) is 0 Å². The van der Waals surface area contributed by atoms with E-state index in [0.29, 0.717) is 12.5 Å². The predicted octanol–water partition coefficient (Wildman–Crippen LogP) is 2.43. The van der Waals surface area contributed by atoms with Crippen molar-refractivity contribution in [2.75, 3.05) is 19.8 Å². The van der Waals surface area contributed by atoms with E-state index in [1.807, 2.05) is 39.0 Å². The summed E-state index contributed by atoms with van der Waals surface area (Å²) in [5.41, 5.74) is 2.75. The van der Waals surface area contributed by atoms with E-state index in [4.69, 9.17) is 9.15 Å². The van der Waals surface area contributed by atoms with Crippen molar-refractivity contribution in [1.29, 1.82) is 0 Å². The van der Waals surface area contributed by atoms with E-state index in [-0.39, 0.29) is 25.5 Å². The molecule has 0 saturated heterocycles. The van der Waals surface area contributed by atoms with E-state index in [1.165, 1.54) is 0 Å². The van der Waals surface area contributed by atoms with Crippen LogP contribution in [0.15, 0.2) is 28.9 Å². The first-order chi connectivity index (χ1) is 11.0. The fourth-order valence-electron chi connectivity index (χ4n) is 2.29. The molecule has 2 rings (SSSR count). The highest BCUT2D eigenvalue weighted by Gasteiger charge is 2.12. The number of carbonyl (C=O) groups excluding carboxylic acids is 1. The standard InChI is InChI=1S/C18H25NO4/c1-12(2)9-22-11-15(20)8-19-18(21)7-14-10-23-17-6-13(3)4-5-16(14)17/h4-6,10,12,15,20H,7-9,11H2,1-3H3,(H,19,21). The minimum Gasteiger partial charge on any atom is -0.464 e. The first-order valence-corrected chi connectivity index (χ1v) is 7.95. The summed E-state index contributed by atoms with van der Waals surface area (Å²) >= 11 is 0. The van der Waals surface area contributed by atoms with Gasteiger partial charge in [-0.25, -0.2) is 0 Å². The fourth-order valence-corrected chi connectivity index (χ4v) is 2.29. The lowest BCUT2D eigenvalue weighted by atomic mass is 10.1. The van der Waals surface area contributed by atoms with E-state index in [2.05, 4.69) is 5.32 Å². The Kier molecular flexibility index (Phi) is 6.19. The quantitative estimate of drug-likeness (QED) is 0.784. The number of nitrogens with one attached hydrogen (secondary N) is 1. The highest BCUT2D eigenvalue weighted by molar-refractivity contribution is 5.87. The number of carbonyl (C=O) groups is 1. The van der Waals surface area contributed by atoms with Gasteiger partial charge in [-0.05, 0) is 24.5 Å². The van der Waals surface area contributed by atoms with Crippen LogP contribution in [0.1, 0.15) is 25.0 Å². The second-order valence-corrected chi connectivity index (χ2v) is 6.33. The SMILES string of the molecule is Cc1ccc2c(CC(=O)NCC(O)COCC(C)C)coc2c1. The molecule has 2 aromatic rings. The summed E-state index contributed by atoms with van der Waals surface area (Å²) in [4.78, 5) is 12.0. The molecule has 5 nitrogen and oxygen atoms in total. The Balaban J connectivity index is 1.80. The number of aliphatic hydroxyl groups is 1. The topological polar surface area (TPSA) is 71.7 Å². The van der Waals surface area contributed by atoms with E-state index >= 15 is 0 Å². The predicted molar refractivity (Wildman–Crippen MR) is 89.3 cm³/mol. The lowest BCUT2D eigenvalue weighted by Gasteiger charge is -2.13. The first-order valence-electron chi connectivity index (χ1n) is 7.95. The molecule has 0 fully saturated rings. The number of ether oxygens (including phenoxy) is 1. The third-order valence-corrected chi connectivity index (χ3v) is 3.46. The number of hydrogen-bond acceptors (Lipinski definition) is 4. The van der Waals surface area contributed by atoms with Crippen LogP contribution in [0.4, 0.5) is 0 Å². The Morgan fingerprint density at radius 1 is 1.35 bits per heavy atom. The molecule has 5 heteroatoms. The van der Waals surface area contributed by atoms with Crippen LogP contribution in [-0.4, -0.2) is 36.9 Å². The molecule has 1 atom stereocenters. The molecule has 1 heterocycles. The lowest BCUT2D eigenvalue weighted by molar-refractivity contribution is -0.121. The van der Waals surface area contributed by atoms with Gasteiger partial charge >= 0.3 is 0 Å². The van der Waals surface area contributed by atoms with Crippen LogP contribution >= 0.6 is 0 Å². The maximum absolute atomic E-state index is 12.0. The van der Waals surface area contributed by atoms with Crippen LogP contribution < -0.4 is 5.32 Å². The molecule has 2 N–H and O–H groups in total. The molecule has 0 aliphatic rings. The normalized spacial score (nSPS) is 12.7. The molecule has 0 saturated carbocycles. The fraction of sp³-hybridized carbons (Fsp3) is 0.500. The van der Waals surface area contributed by atoms with Crippen LogP contribution in [-0.2, 0) is 16.0 Å². The number of rotatable bonds is 8. The maximum Gasteiger partial charge on any atom is 0.224 e. The monoisotopic (exact) mass is 319 g/mol. The van der Waals surface area contributed by atoms with Gasteiger partial charge in [-0.15, -0.1) is 0 Å². The summed E-state index contributed by atoms with van der Waals surface area (Å²) in [7, 11) is 0. The molecule has 1 amide bonds. The maximum atomic E-state index is 12.0. The average Bonchev–Trinajstić information content (AvgIpc) is 2.87. The second-order valence-electron chi connectivity index (χ2n) is 6.33. The van der Waals surface area contributed by atoms with Gasteiger partial charge in [-0.3, -0.25) is 4.79 Å². The number of aliphatic hydroxyl groups excluding tert-OH is 1. The highest BCUT2D eigenvalue weighted by atomic mass is 16.5. The van der Waals surface area contributed by atoms with Crippen molar-refractivity contribution in [3.63, 3.8) is 0 Å². The minimum atomic E-state index is -0.693. The lowest BCUT2D eigenvalue weighted by Crippen LogP contribution is -2.35.